The minimum absolute atomic E-state index is 0.379. The number of hydrogen-bond donors (Lipinski definition) is 1. The number of hydrogen-bond acceptors (Lipinski definition) is 8. The molecule has 1 aliphatic rings. The van der Waals surface area contributed by atoms with Crippen LogP contribution >= 0.6 is 39.3 Å². The maximum absolute atomic E-state index is 13.1. The van der Waals surface area contributed by atoms with Crippen molar-refractivity contribution in [1.82, 2.24) is 14.8 Å². The maximum Gasteiger partial charge on any atom is 0.338 e. The summed E-state index contributed by atoms with van der Waals surface area (Å²) in [6.07, 6.45) is 0. The number of nitrogens with one attached hydrogen (secondary N) is 1. The summed E-state index contributed by atoms with van der Waals surface area (Å²) in [6, 6.07) is 18.9. The fraction of sp³-hybridized carbons (Fsp3) is 0.258. The van der Waals surface area contributed by atoms with E-state index in [1.165, 1.54) is 18.9 Å². The molecule has 3 aromatic carbocycles. The summed E-state index contributed by atoms with van der Waals surface area (Å²) in [7, 11) is 1.37. The number of nitrogens with zero attached hydrogens (tertiary/aromatic N) is 3. The Kier molecular flexibility index (Phi) is 9.45. The lowest BCUT2D eigenvalue weighted by atomic mass is 9.95. The van der Waals surface area contributed by atoms with Gasteiger partial charge in [0.15, 0.2) is 11.5 Å². The van der Waals surface area contributed by atoms with E-state index in [1.54, 1.807) is 4.68 Å². The van der Waals surface area contributed by atoms with E-state index in [-0.39, 0.29) is 0 Å². The number of allylic oxidation sites excluding steroid dienone is 1. The predicted molar refractivity (Wildman–Crippen MR) is 168 cm³/mol. The van der Waals surface area contributed by atoms with Crippen molar-refractivity contribution < 1.29 is 19.0 Å². The van der Waals surface area contributed by atoms with Crippen molar-refractivity contribution in [2.45, 2.75) is 44.3 Å². The first-order chi connectivity index (χ1) is 20.3. The number of ether oxygens (including phenoxy) is 3. The summed E-state index contributed by atoms with van der Waals surface area (Å²) in [4.78, 5) is 17.8. The highest BCUT2D eigenvalue weighted by molar-refractivity contribution is 9.10. The van der Waals surface area contributed by atoms with Crippen LogP contribution in [0.15, 0.2) is 81.6 Å². The first-order valence-corrected chi connectivity index (χ1v) is 15.5. The number of anilines is 1. The van der Waals surface area contributed by atoms with Crippen LogP contribution in [0.4, 0.5) is 5.95 Å². The van der Waals surface area contributed by atoms with Gasteiger partial charge in [0.2, 0.25) is 11.1 Å². The van der Waals surface area contributed by atoms with E-state index in [9.17, 15) is 4.79 Å². The number of halogens is 2. The molecule has 4 aromatic rings. The van der Waals surface area contributed by atoms with Gasteiger partial charge in [0.05, 0.1) is 23.8 Å². The normalized spacial score (nSPS) is 14.3. The molecule has 11 heteroatoms. The van der Waals surface area contributed by atoms with Gasteiger partial charge in [0.25, 0.3) is 0 Å². The molecule has 2 heterocycles. The van der Waals surface area contributed by atoms with Gasteiger partial charge in [-0.1, -0.05) is 65.8 Å². The summed E-state index contributed by atoms with van der Waals surface area (Å²) >= 11 is 11.5. The summed E-state index contributed by atoms with van der Waals surface area (Å²) in [6.45, 7) is 6.60. The Morgan fingerprint density at radius 1 is 1.10 bits per heavy atom. The zero-order chi connectivity index (χ0) is 29.8. The fourth-order valence-electron chi connectivity index (χ4n) is 4.70. The second kappa shape index (κ2) is 13.2. The Labute approximate surface area is 262 Å². The molecule has 0 fully saturated rings. The average Bonchev–Trinajstić information content (AvgIpc) is 3.38. The van der Waals surface area contributed by atoms with Crippen LogP contribution in [0, 0.1) is 6.92 Å². The lowest BCUT2D eigenvalue weighted by Gasteiger charge is -2.28. The quantitative estimate of drug-likeness (QED) is 0.136. The van der Waals surface area contributed by atoms with E-state index in [2.05, 4.69) is 34.2 Å². The zero-order valence-corrected chi connectivity index (χ0v) is 26.8. The van der Waals surface area contributed by atoms with Crippen LogP contribution in [0.5, 0.6) is 11.5 Å². The molecule has 0 spiro atoms. The number of esters is 1. The van der Waals surface area contributed by atoms with Crippen LogP contribution in [-0.4, -0.2) is 34.5 Å². The van der Waals surface area contributed by atoms with Crippen molar-refractivity contribution in [1.29, 1.82) is 0 Å². The molecule has 0 bridgehead atoms. The fourth-order valence-corrected chi connectivity index (χ4v) is 6.39. The third-order valence-corrected chi connectivity index (χ3v) is 8.68. The Morgan fingerprint density at radius 2 is 1.83 bits per heavy atom. The molecule has 1 N–H and O–H groups in total. The molecular formula is C31H30BrClN4O4S. The summed E-state index contributed by atoms with van der Waals surface area (Å²) in [5, 5.41) is 9.26. The van der Waals surface area contributed by atoms with Crippen LogP contribution in [0.25, 0.3) is 0 Å². The van der Waals surface area contributed by atoms with Crippen LogP contribution in [0.1, 0.15) is 42.1 Å². The largest absolute Gasteiger partial charge is 0.490 e. The molecule has 8 nitrogen and oxygen atoms in total. The first kappa shape index (κ1) is 30.0. The SMILES string of the molecule is CCOc1cc(C2C(C(=O)OC)=C(C)Nc3nc(SCc4ccccc4Cl)nn32)cc(Br)c1OCc1ccccc1C. The van der Waals surface area contributed by atoms with Crippen LogP contribution < -0.4 is 14.8 Å². The zero-order valence-electron chi connectivity index (χ0n) is 23.6. The van der Waals surface area contributed by atoms with Gasteiger partial charge in [-0.3, -0.25) is 0 Å². The summed E-state index contributed by atoms with van der Waals surface area (Å²) < 4.78 is 19.9. The maximum atomic E-state index is 13.1. The Bertz CT molecular complexity index is 1660. The van der Waals surface area contributed by atoms with Crippen molar-refractivity contribution in [3.05, 3.63) is 104 Å². The number of thioether (sulfide) groups is 1. The summed E-state index contributed by atoms with van der Waals surface area (Å²) in [5.41, 5.74) is 5.00. The van der Waals surface area contributed by atoms with Crippen LogP contribution in [0.3, 0.4) is 0 Å². The molecule has 5 rings (SSSR count). The molecule has 1 unspecified atom stereocenters. The van der Waals surface area contributed by atoms with Gasteiger partial charge >= 0.3 is 5.97 Å². The molecule has 42 heavy (non-hydrogen) atoms. The van der Waals surface area contributed by atoms with Gasteiger partial charge in [-0.05, 0) is 77.2 Å². The molecule has 0 aliphatic carbocycles. The number of carbonyl (C=O) groups excluding carboxylic acids is 1. The average molecular weight is 670 g/mol. The molecule has 1 atom stereocenters. The number of fused-ring (bicyclic) bond motifs is 1. The minimum atomic E-state index is -0.628. The molecule has 1 aromatic heterocycles. The molecule has 0 saturated carbocycles. The number of carbonyl (C=O) groups is 1. The van der Waals surface area contributed by atoms with Crippen LogP contribution in [0.2, 0.25) is 5.02 Å². The molecule has 0 saturated heterocycles. The number of benzene rings is 3. The van der Waals surface area contributed by atoms with Gasteiger partial charge in [-0.2, -0.15) is 4.98 Å². The second-order valence-electron chi connectivity index (χ2n) is 9.58. The van der Waals surface area contributed by atoms with Gasteiger partial charge in [-0.15, -0.1) is 5.10 Å². The van der Waals surface area contributed by atoms with Gasteiger partial charge < -0.3 is 19.5 Å². The molecule has 1 aliphatic heterocycles. The third kappa shape index (κ3) is 6.30. The smallest absolute Gasteiger partial charge is 0.338 e. The van der Waals surface area contributed by atoms with Crippen molar-refractivity contribution in [2.75, 3.05) is 19.0 Å². The molecule has 0 amide bonds. The van der Waals surface area contributed by atoms with E-state index < -0.39 is 12.0 Å². The number of aryl methyl sites for hydroxylation is 1. The van der Waals surface area contributed by atoms with E-state index in [0.29, 0.717) is 62.3 Å². The topological polar surface area (TPSA) is 87.5 Å². The van der Waals surface area contributed by atoms with Crippen molar-refractivity contribution in [3.63, 3.8) is 0 Å². The van der Waals surface area contributed by atoms with Crippen LogP contribution in [-0.2, 0) is 21.9 Å². The Balaban J connectivity index is 1.52. The van der Waals surface area contributed by atoms with E-state index in [1.807, 2.05) is 68.4 Å². The highest BCUT2D eigenvalue weighted by atomic mass is 79.9. The second-order valence-corrected chi connectivity index (χ2v) is 11.8. The molecule has 218 valence electrons. The third-order valence-electron chi connectivity index (χ3n) is 6.83. The predicted octanol–water partition coefficient (Wildman–Crippen LogP) is 7.73. The van der Waals surface area contributed by atoms with Gasteiger partial charge in [-0.25, -0.2) is 9.48 Å². The minimum Gasteiger partial charge on any atom is -0.490 e. The van der Waals surface area contributed by atoms with Gasteiger partial charge in [0.1, 0.15) is 12.6 Å². The summed E-state index contributed by atoms with van der Waals surface area (Å²) in [5.74, 6) is 1.77. The number of aromatic nitrogens is 3. The lowest BCUT2D eigenvalue weighted by molar-refractivity contribution is -0.136. The Hall–Kier alpha value is -3.47. The number of methoxy groups -OCH3 is 1. The highest BCUT2D eigenvalue weighted by Crippen LogP contribution is 2.44. The standard InChI is InChI=1S/C31H30BrClN4O4S/c1-5-40-25-15-22(14-23(32)28(25)41-16-20-11-7-6-10-18(20)2)27-26(29(38)39-4)19(3)34-30-35-31(36-37(27)30)42-17-21-12-8-9-13-24(21)33/h6-15,27H,5,16-17H2,1-4H3,(H,34,35,36). The van der Waals surface area contributed by atoms with Crippen molar-refractivity contribution in [3.8, 4) is 11.5 Å². The first-order valence-electron chi connectivity index (χ1n) is 13.3. The van der Waals surface area contributed by atoms with E-state index >= 15 is 0 Å². The van der Waals surface area contributed by atoms with E-state index in [4.69, 9.17) is 35.9 Å². The van der Waals surface area contributed by atoms with Gasteiger partial charge in [0, 0.05) is 16.5 Å². The number of rotatable bonds is 10. The monoisotopic (exact) mass is 668 g/mol. The molecule has 0 radical (unpaired) electrons. The Morgan fingerprint density at radius 3 is 2.55 bits per heavy atom. The van der Waals surface area contributed by atoms with Crippen molar-refractivity contribution >= 4 is 51.2 Å². The highest BCUT2D eigenvalue weighted by Gasteiger charge is 2.36. The molecular weight excluding hydrogens is 640 g/mol. The van der Waals surface area contributed by atoms with Crippen molar-refractivity contribution in [2.24, 2.45) is 0 Å². The van der Waals surface area contributed by atoms with E-state index in [0.717, 1.165) is 22.3 Å². The lowest BCUT2D eigenvalue weighted by Crippen LogP contribution is -2.29.